The number of nitrogens with zero attached hydrogens (tertiary/aromatic N) is 3. The smallest absolute Gasteiger partial charge is 0.252 e. The number of piperazine rings is 1. The molecule has 1 aromatic rings. The van der Waals surface area contributed by atoms with Gasteiger partial charge in [0, 0.05) is 26.2 Å². The van der Waals surface area contributed by atoms with Gasteiger partial charge < -0.3 is 0 Å². The molecule has 0 saturated carbocycles. The van der Waals surface area contributed by atoms with E-state index in [-0.39, 0.29) is 6.04 Å². The first-order chi connectivity index (χ1) is 9.36. The molecule has 1 aliphatic rings. The van der Waals surface area contributed by atoms with E-state index in [9.17, 15) is 8.42 Å². The Kier molecular flexibility index (Phi) is 4.72. The predicted molar refractivity (Wildman–Crippen MR) is 79.5 cm³/mol. The number of sulfonamides is 1. The van der Waals surface area contributed by atoms with Crippen LogP contribution < -0.4 is 0 Å². The van der Waals surface area contributed by atoms with Crippen molar-refractivity contribution in [3.63, 3.8) is 0 Å². The lowest BCUT2D eigenvalue weighted by Gasteiger charge is -2.34. The van der Waals surface area contributed by atoms with Crippen LogP contribution in [0.15, 0.2) is 10.3 Å². The van der Waals surface area contributed by atoms with Gasteiger partial charge in [-0.15, -0.1) is 11.3 Å². The van der Waals surface area contributed by atoms with Gasteiger partial charge >= 0.3 is 0 Å². The summed E-state index contributed by atoms with van der Waals surface area (Å²) in [6.07, 6.45) is 0. The second-order valence-corrected chi connectivity index (χ2v) is 8.59. The van der Waals surface area contributed by atoms with Crippen molar-refractivity contribution in [2.75, 3.05) is 26.2 Å². The van der Waals surface area contributed by atoms with Crippen LogP contribution in [0.4, 0.5) is 0 Å². The summed E-state index contributed by atoms with van der Waals surface area (Å²) in [5.41, 5.74) is 0.784. The third-order valence-electron chi connectivity index (χ3n) is 3.44. The van der Waals surface area contributed by atoms with Gasteiger partial charge in [-0.1, -0.05) is 11.6 Å². The van der Waals surface area contributed by atoms with Crippen molar-refractivity contribution >= 4 is 33.0 Å². The molecule has 1 aromatic heterocycles. The number of thiophene rings is 1. The normalized spacial score (nSPS) is 19.7. The molecule has 0 aromatic carbocycles. The summed E-state index contributed by atoms with van der Waals surface area (Å²) in [5, 5.41) is 8.89. The first kappa shape index (κ1) is 15.7. The van der Waals surface area contributed by atoms with Crippen molar-refractivity contribution < 1.29 is 8.42 Å². The Morgan fingerprint density at radius 1 is 1.40 bits per heavy atom. The monoisotopic (exact) mass is 333 g/mol. The zero-order chi connectivity index (χ0) is 14.9. The maximum Gasteiger partial charge on any atom is 0.252 e. The average Bonchev–Trinajstić information content (AvgIpc) is 2.78. The highest BCUT2D eigenvalue weighted by molar-refractivity contribution is 7.91. The van der Waals surface area contributed by atoms with Crippen molar-refractivity contribution in [3.8, 4) is 6.07 Å². The van der Waals surface area contributed by atoms with Crippen molar-refractivity contribution in [2.45, 2.75) is 24.1 Å². The Morgan fingerprint density at radius 3 is 2.45 bits per heavy atom. The third kappa shape index (κ3) is 3.00. The van der Waals surface area contributed by atoms with Crippen molar-refractivity contribution in [3.05, 3.63) is 16.0 Å². The summed E-state index contributed by atoms with van der Waals surface area (Å²) in [6.45, 7) is 5.58. The standard InChI is InChI=1S/C12H16ClN3O2S2/c1-9-7-11(19-12(9)13)20(17,18)16-5-3-15(4-6-16)10(2)8-14/h7,10H,3-6H2,1-2H3. The fourth-order valence-electron chi connectivity index (χ4n) is 2.10. The first-order valence-corrected chi connectivity index (χ1v) is 8.89. The Hall–Kier alpha value is -0.650. The molecule has 0 spiro atoms. The minimum Gasteiger partial charge on any atom is -0.286 e. The second kappa shape index (κ2) is 6.00. The van der Waals surface area contributed by atoms with Gasteiger partial charge in [0.05, 0.1) is 16.4 Å². The highest BCUT2D eigenvalue weighted by Gasteiger charge is 2.31. The van der Waals surface area contributed by atoms with Crippen molar-refractivity contribution in [2.24, 2.45) is 0 Å². The van der Waals surface area contributed by atoms with Gasteiger partial charge in [-0.2, -0.15) is 9.57 Å². The lowest BCUT2D eigenvalue weighted by molar-refractivity contribution is 0.170. The minimum atomic E-state index is -3.46. The SMILES string of the molecule is Cc1cc(S(=O)(=O)N2CCN(C(C)C#N)CC2)sc1Cl. The van der Waals surface area contributed by atoms with Gasteiger partial charge in [0.1, 0.15) is 4.21 Å². The van der Waals surface area contributed by atoms with Gasteiger partial charge in [0.2, 0.25) is 0 Å². The van der Waals surface area contributed by atoms with Crippen LogP contribution >= 0.6 is 22.9 Å². The van der Waals surface area contributed by atoms with Crippen LogP contribution in [0.2, 0.25) is 4.34 Å². The third-order valence-corrected chi connectivity index (χ3v) is 7.34. The molecule has 1 aliphatic heterocycles. The van der Waals surface area contributed by atoms with E-state index in [0.717, 1.165) is 16.9 Å². The van der Waals surface area contributed by atoms with Crippen LogP contribution in [0.25, 0.3) is 0 Å². The van der Waals surface area contributed by atoms with Crippen LogP contribution in [-0.4, -0.2) is 49.8 Å². The van der Waals surface area contributed by atoms with E-state index in [1.54, 1.807) is 13.0 Å². The predicted octanol–water partition coefficient (Wildman–Crippen LogP) is 1.93. The highest BCUT2D eigenvalue weighted by Crippen LogP contribution is 2.32. The molecule has 20 heavy (non-hydrogen) atoms. The van der Waals surface area contributed by atoms with Crippen LogP contribution in [0.5, 0.6) is 0 Å². The lowest BCUT2D eigenvalue weighted by Crippen LogP contribution is -2.50. The lowest BCUT2D eigenvalue weighted by atomic mass is 10.2. The summed E-state index contributed by atoms with van der Waals surface area (Å²) >= 11 is 7.05. The van der Waals surface area contributed by atoms with E-state index in [2.05, 4.69) is 6.07 Å². The molecule has 8 heteroatoms. The first-order valence-electron chi connectivity index (χ1n) is 6.26. The average molecular weight is 334 g/mol. The van der Waals surface area contributed by atoms with Gasteiger partial charge in [0.25, 0.3) is 10.0 Å². The van der Waals surface area contributed by atoms with Gasteiger partial charge in [-0.25, -0.2) is 8.42 Å². The fraction of sp³-hybridized carbons (Fsp3) is 0.583. The van der Waals surface area contributed by atoms with Crippen molar-refractivity contribution in [1.29, 1.82) is 5.26 Å². The highest BCUT2D eigenvalue weighted by atomic mass is 35.5. The Bertz CT molecular complexity index is 608. The summed E-state index contributed by atoms with van der Waals surface area (Å²) in [6, 6.07) is 3.61. The van der Waals surface area contributed by atoms with Crippen LogP contribution in [0.1, 0.15) is 12.5 Å². The van der Waals surface area contributed by atoms with Gasteiger partial charge in [-0.3, -0.25) is 4.90 Å². The van der Waals surface area contributed by atoms with Crippen LogP contribution in [0, 0.1) is 18.3 Å². The summed E-state index contributed by atoms with van der Waals surface area (Å²) < 4.78 is 27.3. The minimum absolute atomic E-state index is 0.182. The quantitative estimate of drug-likeness (QED) is 0.847. The number of hydrogen-bond acceptors (Lipinski definition) is 5. The van der Waals surface area contributed by atoms with Crippen LogP contribution in [-0.2, 0) is 10.0 Å². The molecule has 1 fully saturated rings. The van der Waals surface area contributed by atoms with E-state index >= 15 is 0 Å². The molecule has 0 amide bonds. The molecule has 2 heterocycles. The largest absolute Gasteiger partial charge is 0.286 e. The van der Waals surface area contributed by atoms with Crippen molar-refractivity contribution in [1.82, 2.24) is 9.21 Å². The van der Waals surface area contributed by atoms with Gasteiger partial charge in [-0.05, 0) is 25.5 Å². The maximum absolute atomic E-state index is 12.5. The Balaban J connectivity index is 2.12. The number of rotatable bonds is 3. The van der Waals surface area contributed by atoms with E-state index in [1.807, 2.05) is 11.8 Å². The molecule has 5 nitrogen and oxygen atoms in total. The Morgan fingerprint density at radius 2 is 2.00 bits per heavy atom. The molecule has 0 aliphatic carbocycles. The molecule has 0 radical (unpaired) electrons. The number of halogens is 1. The second-order valence-electron chi connectivity index (χ2n) is 4.77. The maximum atomic E-state index is 12.5. The van der Waals surface area contributed by atoms with Gasteiger partial charge in [0.15, 0.2) is 0 Å². The number of nitriles is 1. The summed E-state index contributed by atoms with van der Waals surface area (Å²) in [5.74, 6) is 0. The molecular weight excluding hydrogens is 318 g/mol. The van der Waals surface area contributed by atoms with E-state index in [0.29, 0.717) is 34.7 Å². The topological polar surface area (TPSA) is 64.4 Å². The molecule has 2 rings (SSSR count). The summed E-state index contributed by atoms with van der Waals surface area (Å²) in [7, 11) is -3.46. The fourth-order valence-corrected chi connectivity index (χ4v) is 5.38. The summed E-state index contributed by atoms with van der Waals surface area (Å²) in [4.78, 5) is 1.98. The molecule has 1 atom stereocenters. The zero-order valence-electron chi connectivity index (χ0n) is 11.3. The van der Waals surface area contributed by atoms with E-state index < -0.39 is 10.0 Å². The van der Waals surface area contributed by atoms with Crippen LogP contribution in [0.3, 0.4) is 0 Å². The molecule has 0 bridgehead atoms. The zero-order valence-corrected chi connectivity index (χ0v) is 13.7. The number of hydrogen-bond donors (Lipinski definition) is 0. The number of aryl methyl sites for hydroxylation is 1. The molecular formula is C12H16ClN3O2S2. The molecule has 0 N–H and O–H groups in total. The Labute approximate surface area is 128 Å². The molecule has 1 saturated heterocycles. The van der Waals surface area contributed by atoms with E-state index in [4.69, 9.17) is 16.9 Å². The van der Waals surface area contributed by atoms with E-state index in [1.165, 1.54) is 4.31 Å². The molecule has 1 unspecified atom stereocenters. The molecule has 110 valence electrons.